The summed E-state index contributed by atoms with van der Waals surface area (Å²) in [7, 11) is -1.22. The zero-order chi connectivity index (χ0) is 29.5. The molecule has 12 nitrogen and oxygen atoms in total. The van der Waals surface area contributed by atoms with E-state index in [-0.39, 0.29) is 29.1 Å². The van der Waals surface area contributed by atoms with Crippen LogP contribution in [0.15, 0.2) is 41.4 Å². The Morgan fingerprint density at radius 3 is 2.27 bits per heavy atom. The lowest BCUT2D eigenvalue weighted by Crippen LogP contribution is -2.50. The van der Waals surface area contributed by atoms with E-state index in [9.17, 15) is 18.0 Å². The van der Waals surface area contributed by atoms with Crippen LogP contribution >= 0.6 is 0 Å². The van der Waals surface area contributed by atoms with Gasteiger partial charge in [-0.1, -0.05) is 26.0 Å². The van der Waals surface area contributed by atoms with Crippen molar-refractivity contribution < 1.29 is 27.5 Å². The first kappa shape index (κ1) is 28.8. The van der Waals surface area contributed by atoms with Crippen LogP contribution in [0.5, 0.6) is 5.75 Å². The molecule has 0 spiro atoms. The average Bonchev–Trinajstić information content (AvgIpc) is 3.57. The number of rotatable bonds is 9. The van der Waals surface area contributed by atoms with Gasteiger partial charge in [0.25, 0.3) is 0 Å². The van der Waals surface area contributed by atoms with Crippen LogP contribution in [-0.4, -0.2) is 90.0 Å². The number of carbonyl (C=O) groups excluding carboxylic acids is 2. The second-order valence-corrected chi connectivity index (χ2v) is 13.0. The average molecular weight is 585 g/mol. The first-order chi connectivity index (χ1) is 19.5. The van der Waals surface area contributed by atoms with Crippen molar-refractivity contribution in [3.8, 4) is 5.75 Å². The molecule has 3 aromatic rings. The number of sulfonamides is 1. The Hall–Kier alpha value is -3.71. The quantitative estimate of drug-likeness (QED) is 0.349. The Kier molecular flexibility index (Phi) is 7.68. The standard InChI is InChI=1S/C28H36N6O6S/c1-19(2)26(35)32-14-12-31(13-15-32)23-16-22(18-33-24(23)29-30-25(33)27(36)40-5)41(37,38)34(28(3)10-11-28)17-20-6-8-21(39-4)9-7-20/h6-9,16,18-19H,10-15,17H2,1-5H3. The van der Waals surface area contributed by atoms with Gasteiger partial charge in [-0.3, -0.25) is 9.20 Å². The Bertz CT molecular complexity index is 1560. The molecule has 0 bridgehead atoms. The molecule has 1 saturated heterocycles. The summed E-state index contributed by atoms with van der Waals surface area (Å²) in [6, 6.07) is 8.93. The smallest absolute Gasteiger partial charge is 0.376 e. The molecule has 2 aromatic heterocycles. The molecular formula is C28H36N6O6S. The number of esters is 1. The van der Waals surface area contributed by atoms with E-state index in [1.165, 1.54) is 22.0 Å². The predicted octanol–water partition coefficient (Wildman–Crippen LogP) is 2.57. The minimum Gasteiger partial charge on any atom is -0.497 e. The van der Waals surface area contributed by atoms with E-state index in [0.717, 1.165) is 18.4 Å². The van der Waals surface area contributed by atoms with E-state index >= 15 is 0 Å². The summed E-state index contributed by atoms with van der Waals surface area (Å²) in [4.78, 5) is 28.9. The minimum absolute atomic E-state index is 0.0206. The number of ether oxygens (including phenoxy) is 2. The van der Waals surface area contributed by atoms with Gasteiger partial charge < -0.3 is 19.3 Å². The van der Waals surface area contributed by atoms with Gasteiger partial charge in [0, 0.05) is 50.4 Å². The van der Waals surface area contributed by atoms with Gasteiger partial charge in [-0.05, 0) is 43.5 Å². The van der Waals surface area contributed by atoms with Crippen molar-refractivity contribution in [2.24, 2.45) is 5.92 Å². The van der Waals surface area contributed by atoms with E-state index < -0.39 is 21.5 Å². The fraction of sp³-hybridized carbons (Fsp3) is 0.500. The number of anilines is 1. The zero-order valence-electron chi connectivity index (χ0n) is 24.0. The molecule has 0 atom stereocenters. The second-order valence-electron chi connectivity index (χ2n) is 11.1. The van der Waals surface area contributed by atoms with Crippen molar-refractivity contribution >= 4 is 33.2 Å². The highest BCUT2D eigenvalue weighted by Crippen LogP contribution is 2.45. The van der Waals surface area contributed by atoms with Crippen molar-refractivity contribution in [2.75, 3.05) is 45.3 Å². The topological polar surface area (TPSA) is 127 Å². The van der Waals surface area contributed by atoms with Crippen LogP contribution in [0.4, 0.5) is 5.69 Å². The third-order valence-corrected chi connectivity index (χ3v) is 9.87. The SMILES string of the molecule is COC(=O)c1nnc2c(N3CCN(C(=O)C(C)C)CC3)cc(S(=O)(=O)N(Cc3ccc(OC)cc3)C3(C)CC3)cn12. The summed E-state index contributed by atoms with van der Waals surface area (Å²) in [5.41, 5.74) is 1.16. The first-order valence-electron chi connectivity index (χ1n) is 13.6. The van der Waals surface area contributed by atoms with Gasteiger partial charge in [0.2, 0.25) is 21.8 Å². The summed E-state index contributed by atoms with van der Waals surface area (Å²) in [5, 5.41) is 8.26. The molecule has 2 fully saturated rings. The molecular weight excluding hydrogens is 548 g/mol. The van der Waals surface area contributed by atoms with Crippen LogP contribution < -0.4 is 9.64 Å². The maximum Gasteiger partial charge on any atom is 0.376 e. The molecule has 5 rings (SSSR count). The normalized spacial score (nSPS) is 16.9. The molecule has 1 aromatic carbocycles. The van der Waals surface area contributed by atoms with Gasteiger partial charge in [-0.15, -0.1) is 10.2 Å². The number of benzene rings is 1. The molecule has 13 heteroatoms. The summed E-state index contributed by atoms with van der Waals surface area (Å²) in [6.45, 7) is 7.79. The van der Waals surface area contributed by atoms with Crippen LogP contribution in [0.1, 0.15) is 49.8 Å². The van der Waals surface area contributed by atoms with E-state index in [0.29, 0.717) is 43.3 Å². The van der Waals surface area contributed by atoms with Crippen LogP contribution in [0.3, 0.4) is 0 Å². The van der Waals surface area contributed by atoms with Crippen molar-refractivity contribution in [3.05, 3.63) is 47.9 Å². The molecule has 1 aliphatic heterocycles. The van der Waals surface area contributed by atoms with Crippen molar-refractivity contribution in [2.45, 2.75) is 50.6 Å². The van der Waals surface area contributed by atoms with E-state index in [2.05, 4.69) is 10.2 Å². The largest absolute Gasteiger partial charge is 0.497 e. The van der Waals surface area contributed by atoms with E-state index in [1.807, 2.05) is 54.8 Å². The van der Waals surface area contributed by atoms with Crippen molar-refractivity contribution in [1.29, 1.82) is 0 Å². The Balaban J connectivity index is 1.56. The van der Waals surface area contributed by atoms with Crippen LogP contribution in [0.25, 0.3) is 5.65 Å². The summed E-state index contributed by atoms with van der Waals surface area (Å²) in [5.74, 6) is -0.188. The molecule has 1 saturated carbocycles. The number of hydrogen-bond acceptors (Lipinski definition) is 9. The monoisotopic (exact) mass is 584 g/mol. The summed E-state index contributed by atoms with van der Waals surface area (Å²) in [6.07, 6.45) is 2.87. The number of carbonyl (C=O) groups is 2. The van der Waals surface area contributed by atoms with Crippen LogP contribution in [0, 0.1) is 5.92 Å². The van der Waals surface area contributed by atoms with E-state index in [4.69, 9.17) is 9.47 Å². The molecule has 41 heavy (non-hydrogen) atoms. The molecule has 3 heterocycles. The third kappa shape index (κ3) is 5.47. The molecule has 1 amide bonds. The number of methoxy groups -OCH3 is 2. The lowest BCUT2D eigenvalue weighted by molar-refractivity contribution is -0.134. The lowest BCUT2D eigenvalue weighted by Gasteiger charge is -2.37. The predicted molar refractivity (Wildman–Crippen MR) is 151 cm³/mol. The van der Waals surface area contributed by atoms with Crippen LogP contribution in [-0.2, 0) is 26.1 Å². The fourth-order valence-corrected chi connectivity index (χ4v) is 6.95. The molecule has 0 N–H and O–H groups in total. The summed E-state index contributed by atoms with van der Waals surface area (Å²) < 4.78 is 41.8. The van der Waals surface area contributed by atoms with Gasteiger partial charge in [0.05, 0.1) is 19.9 Å². The Labute approximate surface area is 239 Å². The number of amides is 1. The highest BCUT2D eigenvalue weighted by atomic mass is 32.2. The fourth-order valence-electron chi connectivity index (χ4n) is 5.11. The number of pyridine rings is 1. The number of nitrogens with zero attached hydrogens (tertiary/aromatic N) is 6. The number of hydrogen-bond donors (Lipinski definition) is 0. The zero-order valence-corrected chi connectivity index (χ0v) is 24.8. The maximum absolute atomic E-state index is 14.4. The highest BCUT2D eigenvalue weighted by Gasteiger charge is 2.49. The molecule has 220 valence electrons. The van der Waals surface area contributed by atoms with Crippen molar-refractivity contribution in [1.82, 2.24) is 23.8 Å². The minimum atomic E-state index is -4.04. The van der Waals surface area contributed by atoms with Gasteiger partial charge in [0.1, 0.15) is 10.6 Å². The molecule has 2 aliphatic rings. The van der Waals surface area contributed by atoms with Gasteiger partial charge >= 0.3 is 5.97 Å². The van der Waals surface area contributed by atoms with Crippen molar-refractivity contribution in [3.63, 3.8) is 0 Å². The first-order valence-corrected chi connectivity index (χ1v) is 15.1. The van der Waals surface area contributed by atoms with Gasteiger partial charge in [-0.25, -0.2) is 13.2 Å². The summed E-state index contributed by atoms with van der Waals surface area (Å²) >= 11 is 0. The molecule has 1 aliphatic carbocycles. The third-order valence-electron chi connectivity index (χ3n) is 7.90. The second kappa shape index (κ2) is 10.9. The Morgan fingerprint density at radius 2 is 1.71 bits per heavy atom. The molecule has 0 radical (unpaired) electrons. The highest BCUT2D eigenvalue weighted by molar-refractivity contribution is 7.89. The maximum atomic E-state index is 14.4. The van der Waals surface area contributed by atoms with Gasteiger partial charge in [0.15, 0.2) is 5.65 Å². The van der Waals surface area contributed by atoms with E-state index in [1.54, 1.807) is 13.2 Å². The Morgan fingerprint density at radius 1 is 1.05 bits per heavy atom. The van der Waals surface area contributed by atoms with Crippen LogP contribution in [0.2, 0.25) is 0 Å². The van der Waals surface area contributed by atoms with Gasteiger partial charge in [-0.2, -0.15) is 4.31 Å². The number of fused-ring (bicyclic) bond motifs is 1. The molecule has 0 unspecified atom stereocenters. The number of aromatic nitrogens is 3. The number of piperazine rings is 1. The lowest BCUT2D eigenvalue weighted by atomic mass is 10.1.